The molecule has 8 nitrogen and oxygen atoms in total. The molecular weight excluding hydrogens is 376 g/mol. The van der Waals surface area contributed by atoms with Crippen LogP contribution in [-0.2, 0) is 16.4 Å². The molecule has 1 aliphatic heterocycles. The number of pyridine rings is 1. The van der Waals surface area contributed by atoms with Crippen LogP contribution in [0.2, 0.25) is 0 Å². The van der Waals surface area contributed by atoms with Gasteiger partial charge in [0.15, 0.2) is 5.96 Å². The summed E-state index contributed by atoms with van der Waals surface area (Å²) >= 11 is 0. The van der Waals surface area contributed by atoms with Gasteiger partial charge in [0.1, 0.15) is 15.7 Å². The molecule has 1 unspecified atom stereocenters. The van der Waals surface area contributed by atoms with Crippen LogP contribution < -0.4 is 15.5 Å². The van der Waals surface area contributed by atoms with Gasteiger partial charge in [-0.2, -0.15) is 0 Å². The number of aromatic nitrogens is 1. The first-order valence-electron chi connectivity index (χ1n) is 9.88. The third-order valence-corrected chi connectivity index (χ3v) is 5.92. The predicted octanol–water partition coefficient (Wildman–Crippen LogP) is 0.712. The molecule has 9 heteroatoms. The number of nitrogens with zero attached hydrogens (tertiary/aromatic N) is 4. The Morgan fingerprint density at radius 3 is 2.64 bits per heavy atom. The zero-order valence-electron chi connectivity index (χ0n) is 17.5. The molecule has 0 spiro atoms. The van der Waals surface area contributed by atoms with E-state index in [2.05, 4.69) is 43.4 Å². The van der Waals surface area contributed by atoms with E-state index in [1.807, 2.05) is 19.2 Å². The standard InChI is InChI=1S/C19H34N6O2S/c1-5-24-9-11-25(12-10-24)18-14-17(6-8-21-18)15-22-19(20-3)23-16(2)7-13-28(4,26)27/h6,8,14,16H,5,7,9-13,15H2,1-4H3,(H2,20,22,23). The molecule has 2 heterocycles. The molecule has 2 rings (SSSR count). The van der Waals surface area contributed by atoms with E-state index in [9.17, 15) is 8.42 Å². The summed E-state index contributed by atoms with van der Waals surface area (Å²) in [6, 6.07) is 4.14. The van der Waals surface area contributed by atoms with Crippen LogP contribution in [0.1, 0.15) is 25.8 Å². The molecule has 1 aliphatic rings. The number of piperazine rings is 1. The van der Waals surface area contributed by atoms with Crippen molar-refractivity contribution in [3.8, 4) is 0 Å². The second-order valence-electron chi connectivity index (χ2n) is 7.33. The third kappa shape index (κ3) is 7.63. The van der Waals surface area contributed by atoms with Crippen LogP contribution in [0.25, 0.3) is 0 Å². The predicted molar refractivity (Wildman–Crippen MR) is 116 cm³/mol. The average Bonchev–Trinajstić information content (AvgIpc) is 2.69. The van der Waals surface area contributed by atoms with E-state index in [0.717, 1.165) is 44.1 Å². The molecule has 0 bridgehead atoms. The molecule has 1 aromatic rings. The van der Waals surface area contributed by atoms with Crippen LogP contribution in [0, 0.1) is 0 Å². The first-order valence-corrected chi connectivity index (χ1v) is 11.9. The first kappa shape index (κ1) is 22.4. The van der Waals surface area contributed by atoms with E-state index in [4.69, 9.17) is 0 Å². The van der Waals surface area contributed by atoms with Crippen molar-refractivity contribution in [3.63, 3.8) is 0 Å². The molecule has 158 valence electrons. The molecule has 0 aliphatic carbocycles. The van der Waals surface area contributed by atoms with E-state index >= 15 is 0 Å². The Kier molecular flexibility index (Phi) is 8.50. The average molecular weight is 411 g/mol. The summed E-state index contributed by atoms with van der Waals surface area (Å²) in [4.78, 5) is 13.5. The van der Waals surface area contributed by atoms with Crippen LogP contribution in [0.4, 0.5) is 5.82 Å². The zero-order chi connectivity index (χ0) is 20.6. The van der Waals surface area contributed by atoms with Gasteiger partial charge in [-0.15, -0.1) is 0 Å². The Morgan fingerprint density at radius 1 is 1.32 bits per heavy atom. The van der Waals surface area contributed by atoms with Crippen LogP contribution >= 0.6 is 0 Å². The second kappa shape index (κ2) is 10.6. The van der Waals surface area contributed by atoms with Gasteiger partial charge < -0.3 is 20.4 Å². The molecular formula is C19H34N6O2S. The Bertz CT molecular complexity index is 745. The molecule has 1 fully saturated rings. The van der Waals surface area contributed by atoms with Crippen LogP contribution in [0.5, 0.6) is 0 Å². The minimum atomic E-state index is -2.95. The Balaban J connectivity index is 1.86. The van der Waals surface area contributed by atoms with Crippen molar-refractivity contribution in [2.75, 3.05) is 56.7 Å². The van der Waals surface area contributed by atoms with Gasteiger partial charge in [-0.25, -0.2) is 13.4 Å². The fourth-order valence-corrected chi connectivity index (χ4v) is 3.90. The lowest BCUT2D eigenvalue weighted by atomic mass is 10.2. The van der Waals surface area contributed by atoms with E-state index in [1.54, 1.807) is 7.05 Å². The lowest BCUT2D eigenvalue weighted by molar-refractivity contribution is 0.270. The summed E-state index contributed by atoms with van der Waals surface area (Å²) in [7, 11) is -1.24. The third-order valence-electron chi connectivity index (χ3n) is 4.94. The lowest BCUT2D eigenvalue weighted by Gasteiger charge is -2.34. The fourth-order valence-electron chi connectivity index (χ4n) is 3.11. The Hall–Kier alpha value is -1.87. The van der Waals surface area contributed by atoms with Crippen LogP contribution in [-0.4, -0.2) is 82.1 Å². The topological polar surface area (TPSA) is 89.9 Å². The molecule has 28 heavy (non-hydrogen) atoms. The van der Waals surface area contributed by atoms with Gasteiger partial charge in [-0.05, 0) is 37.6 Å². The Labute approximate surface area is 169 Å². The van der Waals surface area contributed by atoms with Crippen molar-refractivity contribution in [1.82, 2.24) is 20.5 Å². The summed E-state index contributed by atoms with van der Waals surface area (Å²) < 4.78 is 22.6. The van der Waals surface area contributed by atoms with Gasteiger partial charge in [0.2, 0.25) is 0 Å². The minimum absolute atomic E-state index is 0.0174. The summed E-state index contributed by atoms with van der Waals surface area (Å²) in [5.74, 6) is 1.84. The zero-order valence-corrected chi connectivity index (χ0v) is 18.3. The molecule has 1 aromatic heterocycles. The van der Waals surface area contributed by atoms with Crippen molar-refractivity contribution < 1.29 is 8.42 Å². The molecule has 0 aromatic carbocycles. The van der Waals surface area contributed by atoms with Gasteiger partial charge in [0, 0.05) is 58.3 Å². The lowest BCUT2D eigenvalue weighted by Crippen LogP contribution is -2.46. The summed E-state index contributed by atoms with van der Waals surface area (Å²) in [5, 5.41) is 6.54. The molecule has 0 amide bonds. The van der Waals surface area contributed by atoms with Gasteiger partial charge in [0.05, 0.1) is 5.75 Å². The summed E-state index contributed by atoms with van der Waals surface area (Å²) in [5.41, 5.74) is 1.13. The summed E-state index contributed by atoms with van der Waals surface area (Å²) in [6.07, 6.45) is 3.65. The number of hydrogen-bond donors (Lipinski definition) is 2. The highest BCUT2D eigenvalue weighted by Gasteiger charge is 2.17. The number of aliphatic imine (C=N–C) groups is 1. The van der Waals surface area contributed by atoms with Gasteiger partial charge in [-0.1, -0.05) is 6.92 Å². The van der Waals surface area contributed by atoms with Gasteiger partial charge >= 0.3 is 0 Å². The maximum Gasteiger partial charge on any atom is 0.191 e. The van der Waals surface area contributed by atoms with Crippen molar-refractivity contribution in [3.05, 3.63) is 23.9 Å². The smallest absolute Gasteiger partial charge is 0.191 e. The van der Waals surface area contributed by atoms with E-state index in [-0.39, 0.29) is 11.8 Å². The van der Waals surface area contributed by atoms with Crippen molar-refractivity contribution in [2.24, 2.45) is 4.99 Å². The van der Waals surface area contributed by atoms with Crippen LogP contribution in [0.15, 0.2) is 23.3 Å². The highest BCUT2D eigenvalue weighted by molar-refractivity contribution is 7.90. The molecule has 1 atom stereocenters. The van der Waals surface area contributed by atoms with Gasteiger partial charge in [-0.3, -0.25) is 4.99 Å². The first-order chi connectivity index (χ1) is 13.3. The number of likely N-dealkylation sites (N-methyl/N-ethyl adjacent to an activating group) is 1. The second-order valence-corrected chi connectivity index (χ2v) is 9.59. The largest absolute Gasteiger partial charge is 0.354 e. The number of rotatable bonds is 8. The van der Waals surface area contributed by atoms with Crippen molar-refractivity contribution >= 4 is 21.6 Å². The molecule has 0 radical (unpaired) electrons. The number of guanidine groups is 1. The maximum atomic E-state index is 11.3. The molecule has 1 saturated heterocycles. The van der Waals surface area contributed by atoms with Crippen molar-refractivity contribution in [2.45, 2.75) is 32.9 Å². The quantitative estimate of drug-likeness (QED) is 0.482. The van der Waals surface area contributed by atoms with E-state index < -0.39 is 9.84 Å². The molecule has 2 N–H and O–H groups in total. The maximum absolute atomic E-state index is 11.3. The number of nitrogens with one attached hydrogen (secondary N) is 2. The summed E-state index contributed by atoms with van der Waals surface area (Å²) in [6.45, 7) is 10.0. The van der Waals surface area contributed by atoms with Crippen molar-refractivity contribution in [1.29, 1.82) is 0 Å². The molecule has 0 saturated carbocycles. The van der Waals surface area contributed by atoms with Gasteiger partial charge in [0.25, 0.3) is 0 Å². The highest BCUT2D eigenvalue weighted by atomic mass is 32.2. The Morgan fingerprint density at radius 2 is 2.04 bits per heavy atom. The van der Waals surface area contributed by atoms with E-state index in [0.29, 0.717) is 18.9 Å². The highest BCUT2D eigenvalue weighted by Crippen LogP contribution is 2.15. The monoisotopic (exact) mass is 410 g/mol. The number of sulfone groups is 1. The van der Waals surface area contributed by atoms with Crippen LogP contribution in [0.3, 0.4) is 0 Å². The number of hydrogen-bond acceptors (Lipinski definition) is 6. The minimum Gasteiger partial charge on any atom is -0.354 e. The fraction of sp³-hybridized carbons (Fsp3) is 0.684. The van der Waals surface area contributed by atoms with E-state index in [1.165, 1.54) is 6.26 Å². The number of anilines is 1. The SMILES string of the molecule is CCN1CCN(c2cc(CNC(=NC)NC(C)CCS(C)(=O)=O)ccn2)CC1. The normalized spacial score (nSPS) is 17.4.